The number of nitro groups is 1. The Bertz CT molecular complexity index is 461. The van der Waals surface area contributed by atoms with E-state index in [1.807, 2.05) is 0 Å². The fourth-order valence-electron chi connectivity index (χ4n) is 2.33. The minimum Gasteiger partial charge on any atom is -0.394 e. The van der Waals surface area contributed by atoms with Gasteiger partial charge in [0.25, 0.3) is 0 Å². The van der Waals surface area contributed by atoms with Gasteiger partial charge in [0, 0.05) is 6.20 Å². The average molecular weight is 316 g/mol. The molecule has 2 N–H and O–H groups in total. The van der Waals surface area contributed by atoms with Crippen LogP contribution in [-0.4, -0.2) is 27.2 Å². The SMILES string of the molecule is O=[N+]([O-])c1cncc(Br)c1NC1(CO)CCCC1. The van der Waals surface area contributed by atoms with Gasteiger partial charge in [0.05, 0.1) is 21.5 Å². The Balaban J connectivity index is 2.35. The van der Waals surface area contributed by atoms with Gasteiger partial charge < -0.3 is 10.4 Å². The fourth-order valence-corrected chi connectivity index (χ4v) is 2.75. The molecule has 1 aromatic heterocycles. The quantitative estimate of drug-likeness (QED) is 0.658. The Hall–Kier alpha value is -1.21. The van der Waals surface area contributed by atoms with Crippen molar-refractivity contribution in [3.63, 3.8) is 0 Å². The van der Waals surface area contributed by atoms with Gasteiger partial charge in [0.2, 0.25) is 0 Å². The molecule has 18 heavy (non-hydrogen) atoms. The molecule has 7 heteroatoms. The lowest BCUT2D eigenvalue weighted by Gasteiger charge is -2.29. The first-order valence-electron chi connectivity index (χ1n) is 5.75. The standard InChI is InChI=1S/C11H14BrN3O3/c12-8-5-13-6-9(15(17)18)10(8)14-11(7-16)3-1-2-4-11/h5-6,16H,1-4,7H2,(H,13,14). The van der Waals surface area contributed by atoms with Crippen molar-refractivity contribution in [3.8, 4) is 0 Å². The number of nitrogens with zero attached hydrogens (tertiary/aromatic N) is 2. The van der Waals surface area contributed by atoms with Gasteiger partial charge in [-0.3, -0.25) is 15.1 Å². The number of aliphatic hydroxyl groups is 1. The zero-order valence-electron chi connectivity index (χ0n) is 9.73. The first-order chi connectivity index (χ1) is 8.58. The smallest absolute Gasteiger partial charge is 0.311 e. The van der Waals surface area contributed by atoms with Crippen LogP contribution in [0.5, 0.6) is 0 Å². The van der Waals surface area contributed by atoms with Gasteiger partial charge in [-0.2, -0.15) is 0 Å². The lowest BCUT2D eigenvalue weighted by Crippen LogP contribution is -2.39. The minimum absolute atomic E-state index is 0.0289. The first kappa shape index (κ1) is 13.2. The van der Waals surface area contributed by atoms with E-state index < -0.39 is 10.5 Å². The van der Waals surface area contributed by atoms with E-state index >= 15 is 0 Å². The van der Waals surface area contributed by atoms with Crippen molar-refractivity contribution in [3.05, 3.63) is 27.0 Å². The molecule has 1 saturated carbocycles. The molecule has 0 unspecified atom stereocenters. The Labute approximate surface area is 113 Å². The van der Waals surface area contributed by atoms with Crippen LogP contribution in [0.2, 0.25) is 0 Å². The Morgan fingerprint density at radius 2 is 2.17 bits per heavy atom. The van der Waals surface area contributed by atoms with Crippen LogP contribution in [0, 0.1) is 10.1 Å². The van der Waals surface area contributed by atoms with Crippen molar-refractivity contribution in [2.75, 3.05) is 11.9 Å². The van der Waals surface area contributed by atoms with Gasteiger partial charge in [-0.15, -0.1) is 0 Å². The summed E-state index contributed by atoms with van der Waals surface area (Å²) in [6, 6.07) is 0. The first-order valence-corrected chi connectivity index (χ1v) is 6.54. The summed E-state index contributed by atoms with van der Waals surface area (Å²) >= 11 is 3.26. The van der Waals surface area contributed by atoms with E-state index in [1.165, 1.54) is 12.4 Å². The molecule has 0 atom stereocenters. The van der Waals surface area contributed by atoms with Crippen LogP contribution in [0.25, 0.3) is 0 Å². The maximum absolute atomic E-state index is 11.0. The predicted molar refractivity (Wildman–Crippen MR) is 70.5 cm³/mol. The second-order valence-corrected chi connectivity index (χ2v) is 5.40. The normalized spacial score (nSPS) is 17.7. The number of halogens is 1. The molecule has 98 valence electrons. The summed E-state index contributed by atoms with van der Waals surface area (Å²) in [6.07, 6.45) is 6.39. The van der Waals surface area contributed by atoms with Crippen molar-refractivity contribution in [1.82, 2.24) is 4.98 Å². The molecule has 0 radical (unpaired) electrons. The second kappa shape index (κ2) is 5.19. The molecule has 1 heterocycles. The van der Waals surface area contributed by atoms with Crippen LogP contribution in [0.4, 0.5) is 11.4 Å². The summed E-state index contributed by atoms with van der Waals surface area (Å²) in [5.41, 5.74) is -0.135. The molecule has 0 aliphatic heterocycles. The monoisotopic (exact) mass is 315 g/mol. The molecule has 0 bridgehead atoms. The zero-order valence-corrected chi connectivity index (χ0v) is 11.3. The third-order valence-electron chi connectivity index (χ3n) is 3.33. The number of hydrogen-bond donors (Lipinski definition) is 2. The Kier molecular flexibility index (Phi) is 3.82. The number of pyridine rings is 1. The molecule has 1 aliphatic rings. The molecule has 2 rings (SSSR count). The predicted octanol–water partition coefficient (Wildman–Crippen LogP) is 2.47. The van der Waals surface area contributed by atoms with Crippen molar-refractivity contribution < 1.29 is 10.0 Å². The average Bonchev–Trinajstić information content (AvgIpc) is 2.81. The van der Waals surface area contributed by atoms with Crippen LogP contribution in [0.15, 0.2) is 16.9 Å². The van der Waals surface area contributed by atoms with Gasteiger partial charge in [-0.1, -0.05) is 12.8 Å². The summed E-state index contributed by atoms with van der Waals surface area (Å²) in [5, 5.41) is 23.7. The number of aliphatic hydroxyl groups excluding tert-OH is 1. The van der Waals surface area contributed by atoms with Crippen molar-refractivity contribution in [2.24, 2.45) is 0 Å². The van der Waals surface area contributed by atoms with E-state index in [9.17, 15) is 15.2 Å². The molecule has 0 spiro atoms. The molecule has 6 nitrogen and oxygen atoms in total. The van der Waals surface area contributed by atoms with Gasteiger partial charge in [-0.05, 0) is 28.8 Å². The molecule has 1 aromatic rings. The summed E-state index contributed by atoms with van der Waals surface area (Å²) in [5.74, 6) is 0. The molecular formula is C11H14BrN3O3. The Morgan fingerprint density at radius 3 is 2.72 bits per heavy atom. The highest BCUT2D eigenvalue weighted by atomic mass is 79.9. The number of hydrogen-bond acceptors (Lipinski definition) is 5. The van der Waals surface area contributed by atoms with Crippen LogP contribution in [0.1, 0.15) is 25.7 Å². The number of rotatable bonds is 4. The minimum atomic E-state index is -0.472. The van der Waals surface area contributed by atoms with E-state index in [0.717, 1.165) is 25.7 Å². The highest BCUT2D eigenvalue weighted by Crippen LogP contribution is 2.38. The van der Waals surface area contributed by atoms with E-state index in [4.69, 9.17) is 0 Å². The molecule has 0 aromatic carbocycles. The van der Waals surface area contributed by atoms with Crippen molar-refractivity contribution in [1.29, 1.82) is 0 Å². The topological polar surface area (TPSA) is 88.3 Å². The molecule has 1 fully saturated rings. The highest BCUT2D eigenvalue weighted by molar-refractivity contribution is 9.10. The van der Waals surface area contributed by atoms with Crippen LogP contribution in [0.3, 0.4) is 0 Å². The number of anilines is 1. The third-order valence-corrected chi connectivity index (χ3v) is 3.93. The number of nitrogens with one attached hydrogen (secondary N) is 1. The molecule has 0 saturated heterocycles. The largest absolute Gasteiger partial charge is 0.394 e. The maximum Gasteiger partial charge on any atom is 0.311 e. The third kappa shape index (κ3) is 2.46. The van der Waals surface area contributed by atoms with Crippen molar-refractivity contribution >= 4 is 27.3 Å². The summed E-state index contributed by atoms with van der Waals surface area (Å²) in [7, 11) is 0. The van der Waals surface area contributed by atoms with Gasteiger partial charge >= 0.3 is 5.69 Å². The summed E-state index contributed by atoms with van der Waals surface area (Å²) < 4.78 is 0.538. The van der Waals surface area contributed by atoms with Gasteiger partial charge in [0.15, 0.2) is 0 Å². The lowest BCUT2D eigenvalue weighted by atomic mass is 9.98. The fraction of sp³-hybridized carbons (Fsp3) is 0.545. The van der Waals surface area contributed by atoms with Crippen molar-refractivity contribution in [2.45, 2.75) is 31.2 Å². The summed E-state index contributed by atoms with van der Waals surface area (Å²) in [4.78, 5) is 14.3. The van der Waals surface area contributed by atoms with Crippen LogP contribution in [-0.2, 0) is 0 Å². The summed E-state index contributed by atoms with van der Waals surface area (Å²) in [6.45, 7) is -0.0289. The van der Waals surface area contributed by atoms with E-state index in [2.05, 4.69) is 26.2 Å². The molecule has 0 amide bonds. The van der Waals surface area contributed by atoms with E-state index in [1.54, 1.807) is 0 Å². The highest BCUT2D eigenvalue weighted by Gasteiger charge is 2.35. The van der Waals surface area contributed by atoms with E-state index in [-0.39, 0.29) is 12.3 Å². The maximum atomic E-state index is 11.0. The Morgan fingerprint density at radius 1 is 1.50 bits per heavy atom. The van der Waals surface area contributed by atoms with Crippen LogP contribution >= 0.6 is 15.9 Å². The van der Waals surface area contributed by atoms with Crippen LogP contribution < -0.4 is 5.32 Å². The van der Waals surface area contributed by atoms with E-state index in [0.29, 0.717) is 10.2 Å². The molecular weight excluding hydrogens is 302 g/mol. The number of aromatic nitrogens is 1. The zero-order chi connectivity index (χ0) is 13.2. The molecule has 1 aliphatic carbocycles. The lowest BCUT2D eigenvalue weighted by molar-refractivity contribution is -0.384. The van der Waals surface area contributed by atoms with Gasteiger partial charge in [0.1, 0.15) is 11.9 Å². The second-order valence-electron chi connectivity index (χ2n) is 4.54. The van der Waals surface area contributed by atoms with Gasteiger partial charge in [-0.25, -0.2) is 0 Å².